The van der Waals surface area contributed by atoms with Crippen LogP contribution in [0.5, 0.6) is 5.75 Å². The Morgan fingerprint density at radius 3 is 2.76 bits per heavy atom. The lowest BCUT2D eigenvalue weighted by Gasteiger charge is -2.30. The van der Waals surface area contributed by atoms with Gasteiger partial charge in [0.25, 0.3) is 0 Å². The number of hydrogen-bond acceptors (Lipinski definition) is 4. The first-order chi connectivity index (χ1) is 10.3. The van der Waals surface area contributed by atoms with E-state index in [1.54, 1.807) is 0 Å². The van der Waals surface area contributed by atoms with E-state index in [9.17, 15) is 5.11 Å². The molecule has 1 aromatic rings. The van der Waals surface area contributed by atoms with Gasteiger partial charge in [-0.05, 0) is 37.3 Å². The molecule has 4 nitrogen and oxygen atoms in total. The van der Waals surface area contributed by atoms with Gasteiger partial charge < -0.3 is 15.2 Å². The molecule has 0 saturated heterocycles. The first-order valence-corrected chi connectivity index (χ1v) is 7.74. The number of nitriles is 1. The van der Waals surface area contributed by atoms with Crippen LogP contribution in [0.4, 0.5) is 0 Å². The van der Waals surface area contributed by atoms with Crippen molar-refractivity contribution in [3.05, 3.63) is 29.8 Å². The molecule has 21 heavy (non-hydrogen) atoms. The van der Waals surface area contributed by atoms with Gasteiger partial charge >= 0.3 is 0 Å². The molecule has 114 valence electrons. The van der Waals surface area contributed by atoms with Crippen LogP contribution >= 0.6 is 0 Å². The number of hydrogen-bond donors (Lipinski definition) is 2. The highest BCUT2D eigenvalue weighted by atomic mass is 16.5. The second kappa shape index (κ2) is 8.66. The highest BCUT2D eigenvalue weighted by molar-refractivity contribution is 5.33. The third-order valence-electron chi connectivity index (χ3n) is 4.29. The summed E-state index contributed by atoms with van der Waals surface area (Å²) in [7, 11) is 0. The average molecular weight is 288 g/mol. The minimum atomic E-state index is 0.0756. The fourth-order valence-corrected chi connectivity index (χ4v) is 3.09. The maximum atomic E-state index is 9.44. The maximum Gasteiger partial charge on any atom is 0.174 e. The lowest BCUT2D eigenvalue weighted by Crippen LogP contribution is -2.32. The second-order valence-electron chi connectivity index (χ2n) is 5.67. The minimum absolute atomic E-state index is 0.0756. The van der Waals surface area contributed by atoms with Gasteiger partial charge in [-0.25, -0.2) is 0 Å². The topological polar surface area (TPSA) is 65.3 Å². The van der Waals surface area contributed by atoms with E-state index in [-0.39, 0.29) is 6.61 Å². The van der Waals surface area contributed by atoms with Gasteiger partial charge in [0, 0.05) is 18.7 Å². The zero-order valence-corrected chi connectivity index (χ0v) is 12.4. The molecule has 0 amide bonds. The predicted molar refractivity (Wildman–Crippen MR) is 81.8 cm³/mol. The van der Waals surface area contributed by atoms with E-state index in [2.05, 4.69) is 5.32 Å². The van der Waals surface area contributed by atoms with Crippen molar-refractivity contribution in [2.45, 2.75) is 32.2 Å². The van der Waals surface area contributed by atoms with Crippen LogP contribution in [0.15, 0.2) is 24.3 Å². The van der Waals surface area contributed by atoms with Crippen molar-refractivity contribution in [1.29, 1.82) is 5.26 Å². The molecule has 1 saturated carbocycles. The molecule has 2 rings (SSSR count). The van der Waals surface area contributed by atoms with Crippen molar-refractivity contribution in [1.82, 2.24) is 5.32 Å². The first-order valence-electron chi connectivity index (χ1n) is 7.74. The minimum Gasteiger partial charge on any atom is -0.478 e. The molecular formula is C17H24N2O2. The standard InChI is InChI=1S/C17H24N2O2/c18-9-10-21-17-8-4-3-6-15(17)12-19-11-14-5-1-2-7-16(14)13-20/h3-4,6,8,14,16,19-20H,1-2,5,7,10-13H2. The quantitative estimate of drug-likeness (QED) is 0.809. The van der Waals surface area contributed by atoms with Crippen LogP contribution in [-0.2, 0) is 6.54 Å². The van der Waals surface area contributed by atoms with Crippen molar-refractivity contribution in [3.63, 3.8) is 0 Å². The van der Waals surface area contributed by atoms with Crippen molar-refractivity contribution >= 4 is 0 Å². The molecule has 2 atom stereocenters. The lowest BCUT2D eigenvalue weighted by molar-refractivity contribution is 0.133. The zero-order chi connectivity index (χ0) is 14.9. The summed E-state index contributed by atoms with van der Waals surface area (Å²) in [6, 6.07) is 9.80. The van der Waals surface area contributed by atoms with Gasteiger partial charge in [-0.15, -0.1) is 0 Å². The summed E-state index contributed by atoms with van der Waals surface area (Å²) in [5.74, 6) is 1.78. The summed E-state index contributed by atoms with van der Waals surface area (Å²) < 4.78 is 5.43. The van der Waals surface area contributed by atoms with E-state index in [0.29, 0.717) is 18.4 Å². The van der Waals surface area contributed by atoms with Crippen LogP contribution in [0.2, 0.25) is 0 Å². The summed E-state index contributed by atoms with van der Waals surface area (Å²) in [6.07, 6.45) is 4.85. The number of nitrogens with one attached hydrogen (secondary N) is 1. The Bertz CT molecular complexity index is 470. The smallest absolute Gasteiger partial charge is 0.174 e. The van der Waals surface area contributed by atoms with Gasteiger partial charge in [-0.1, -0.05) is 31.0 Å². The molecule has 0 aliphatic heterocycles. The summed E-state index contributed by atoms with van der Waals surface area (Å²) in [5.41, 5.74) is 1.07. The average Bonchev–Trinajstić information content (AvgIpc) is 2.54. The number of ether oxygens (including phenoxy) is 1. The van der Waals surface area contributed by atoms with Gasteiger partial charge in [0.15, 0.2) is 6.61 Å². The first kappa shape index (κ1) is 15.8. The molecule has 4 heteroatoms. The third kappa shape index (κ3) is 4.73. The molecule has 1 aliphatic carbocycles. The van der Waals surface area contributed by atoms with Gasteiger partial charge in [-0.2, -0.15) is 5.26 Å². The highest BCUT2D eigenvalue weighted by Gasteiger charge is 2.23. The Labute approximate surface area is 126 Å². The van der Waals surface area contributed by atoms with Gasteiger partial charge in [0.2, 0.25) is 0 Å². The predicted octanol–water partition coefficient (Wildman–Crippen LogP) is 2.48. The van der Waals surface area contributed by atoms with Crippen LogP contribution in [0.3, 0.4) is 0 Å². The number of para-hydroxylation sites is 1. The fourth-order valence-electron chi connectivity index (χ4n) is 3.09. The van der Waals surface area contributed by atoms with E-state index in [0.717, 1.165) is 30.8 Å². The molecule has 0 bridgehead atoms. The third-order valence-corrected chi connectivity index (χ3v) is 4.29. The van der Waals surface area contributed by atoms with Gasteiger partial charge in [0.05, 0.1) is 0 Å². The normalized spacial score (nSPS) is 21.7. The maximum absolute atomic E-state index is 9.44. The fraction of sp³-hybridized carbons (Fsp3) is 0.588. The van der Waals surface area contributed by atoms with E-state index in [1.807, 2.05) is 30.3 Å². The zero-order valence-electron chi connectivity index (χ0n) is 12.4. The summed E-state index contributed by atoms with van der Waals surface area (Å²) in [4.78, 5) is 0. The molecule has 2 unspecified atom stereocenters. The van der Waals surface area contributed by atoms with Crippen molar-refractivity contribution < 1.29 is 9.84 Å². The van der Waals surface area contributed by atoms with E-state index < -0.39 is 0 Å². The van der Waals surface area contributed by atoms with E-state index in [4.69, 9.17) is 10.00 Å². The van der Waals surface area contributed by atoms with Crippen molar-refractivity contribution in [2.24, 2.45) is 11.8 Å². The van der Waals surface area contributed by atoms with Crippen LogP contribution in [0.25, 0.3) is 0 Å². The summed E-state index contributed by atoms with van der Waals surface area (Å²) in [5, 5.41) is 21.5. The van der Waals surface area contributed by atoms with Crippen molar-refractivity contribution in [3.8, 4) is 11.8 Å². The SMILES string of the molecule is N#CCOc1ccccc1CNCC1CCCCC1CO. The van der Waals surface area contributed by atoms with Gasteiger partial charge in [-0.3, -0.25) is 0 Å². The summed E-state index contributed by atoms with van der Waals surface area (Å²) >= 11 is 0. The number of aliphatic hydroxyl groups is 1. The number of benzene rings is 1. The van der Waals surface area contributed by atoms with Crippen LogP contribution in [-0.4, -0.2) is 24.9 Å². The summed E-state index contributed by atoms with van der Waals surface area (Å²) in [6.45, 7) is 2.04. The Balaban J connectivity index is 1.84. The second-order valence-corrected chi connectivity index (χ2v) is 5.67. The molecule has 0 aromatic heterocycles. The molecule has 1 fully saturated rings. The molecule has 1 aromatic carbocycles. The Hall–Kier alpha value is -1.57. The molecule has 0 heterocycles. The largest absolute Gasteiger partial charge is 0.478 e. The van der Waals surface area contributed by atoms with Crippen LogP contribution < -0.4 is 10.1 Å². The highest BCUT2D eigenvalue weighted by Crippen LogP contribution is 2.29. The Morgan fingerprint density at radius 1 is 1.24 bits per heavy atom. The molecule has 0 spiro atoms. The molecule has 1 aliphatic rings. The van der Waals surface area contributed by atoms with Crippen LogP contribution in [0.1, 0.15) is 31.2 Å². The molecule has 0 radical (unpaired) electrons. The molecular weight excluding hydrogens is 264 g/mol. The number of nitrogens with zero attached hydrogens (tertiary/aromatic N) is 1. The van der Waals surface area contributed by atoms with Crippen molar-refractivity contribution in [2.75, 3.05) is 19.8 Å². The Kier molecular flexibility index (Phi) is 6.52. The molecule has 2 N–H and O–H groups in total. The number of aliphatic hydroxyl groups excluding tert-OH is 1. The monoisotopic (exact) mass is 288 g/mol. The lowest BCUT2D eigenvalue weighted by atomic mass is 9.79. The van der Waals surface area contributed by atoms with E-state index >= 15 is 0 Å². The van der Waals surface area contributed by atoms with Gasteiger partial charge in [0.1, 0.15) is 11.8 Å². The Morgan fingerprint density at radius 2 is 2.00 bits per heavy atom. The number of rotatable bonds is 7. The van der Waals surface area contributed by atoms with Crippen LogP contribution in [0, 0.1) is 23.2 Å². The van der Waals surface area contributed by atoms with E-state index in [1.165, 1.54) is 19.3 Å².